The monoisotopic (exact) mass is 368 g/mol. The number of carbonyl (C=O) groups is 2. The highest BCUT2D eigenvalue weighted by atomic mass is 19.1. The molecule has 0 spiro atoms. The second kappa shape index (κ2) is 8.44. The Labute approximate surface area is 157 Å². The van der Waals surface area contributed by atoms with Crippen molar-refractivity contribution in [3.8, 4) is 0 Å². The first-order chi connectivity index (χ1) is 13.1. The van der Waals surface area contributed by atoms with Crippen LogP contribution in [0.3, 0.4) is 0 Å². The van der Waals surface area contributed by atoms with E-state index in [0.717, 1.165) is 5.56 Å². The van der Waals surface area contributed by atoms with Crippen molar-refractivity contribution in [1.82, 2.24) is 15.2 Å². The fourth-order valence-electron chi connectivity index (χ4n) is 2.90. The zero-order chi connectivity index (χ0) is 19.2. The largest absolute Gasteiger partial charge is 0.358 e. The van der Waals surface area contributed by atoms with Crippen molar-refractivity contribution in [3.05, 3.63) is 72.2 Å². The fraction of sp³-hybridized carbons (Fsp3) is 0.250. The molecule has 0 aliphatic carbocycles. The summed E-state index contributed by atoms with van der Waals surface area (Å²) in [6.45, 7) is 5.01. The van der Waals surface area contributed by atoms with Crippen LogP contribution in [0.5, 0.6) is 0 Å². The van der Waals surface area contributed by atoms with E-state index in [1.807, 2.05) is 0 Å². The predicted octanol–water partition coefficient (Wildman–Crippen LogP) is 2.35. The third-order valence-electron chi connectivity index (χ3n) is 4.34. The van der Waals surface area contributed by atoms with Gasteiger partial charge in [0.1, 0.15) is 17.7 Å². The van der Waals surface area contributed by atoms with Crippen molar-refractivity contribution < 1.29 is 14.0 Å². The van der Waals surface area contributed by atoms with Gasteiger partial charge in [-0.2, -0.15) is 0 Å². The van der Waals surface area contributed by atoms with E-state index in [4.69, 9.17) is 0 Å². The maximum atomic E-state index is 13.0. The van der Waals surface area contributed by atoms with Crippen molar-refractivity contribution in [2.45, 2.75) is 19.0 Å². The molecule has 2 amide bonds. The van der Waals surface area contributed by atoms with E-state index < -0.39 is 0 Å². The summed E-state index contributed by atoms with van der Waals surface area (Å²) in [4.78, 5) is 30.4. The number of hydrogen-bond donors (Lipinski definition) is 2. The van der Waals surface area contributed by atoms with Crippen molar-refractivity contribution in [2.24, 2.45) is 0 Å². The lowest BCUT2D eigenvalue weighted by Crippen LogP contribution is -2.33. The zero-order valence-electron chi connectivity index (χ0n) is 14.8. The van der Waals surface area contributed by atoms with Crippen LogP contribution in [0, 0.1) is 5.82 Å². The fourth-order valence-corrected chi connectivity index (χ4v) is 2.90. The second-order valence-corrected chi connectivity index (χ2v) is 6.30. The number of anilines is 1. The van der Waals surface area contributed by atoms with Crippen LogP contribution >= 0.6 is 0 Å². The van der Waals surface area contributed by atoms with Gasteiger partial charge in [0.2, 0.25) is 5.91 Å². The second-order valence-electron chi connectivity index (χ2n) is 6.30. The van der Waals surface area contributed by atoms with Gasteiger partial charge in [-0.1, -0.05) is 18.2 Å². The van der Waals surface area contributed by atoms with Gasteiger partial charge in [-0.3, -0.25) is 9.59 Å². The molecule has 0 radical (unpaired) electrons. The first kappa shape index (κ1) is 18.6. The number of halogens is 1. The van der Waals surface area contributed by atoms with Crippen LogP contribution in [-0.4, -0.2) is 40.8 Å². The summed E-state index contributed by atoms with van der Waals surface area (Å²) >= 11 is 0. The average Bonchev–Trinajstić information content (AvgIpc) is 3.02. The minimum atomic E-state index is -0.363. The number of amides is 2. The van der Waals surface area contributed by atoms with Crippen LogP contribution in [0.2, 0.25) is 0 Å². The molecule has 1 aromatic heterocycles. The SMILES string of the molecule is C=CCNC(=O)c1ccc(NC2CCN(Cc3ccc(F)cc3)C2=O)nc1. The molecule has 1 aliphatic heterocycles. The molecule has 2 aromatic rings. The lowest BCUT2D eigenvalue weighted by atomic mass is 10.2. The number of benzene rings is 1. The van der Waals surface area contributed by atoms with E-state index in [1.165, 1.54) is 18.3 Å². The molecule has 140 valence electrons. The minimum absolute atomic E-state index is 0.0195. The van der Waals surface area contributed by atoms with E-state index in [2.05, 4.69) is 22.2 Å². The Morgan fingerprint density at radius 3 is 2.74 bits per heavy atom. The van der Waals surface area contributed by atoms with E-state index >= 15 is 0 Å². The molecule has 2 heterocycles. The highest BCUT2D eigenvalue weighted by molar-refractivity contribution is 5.94. The van der Waals surface area contributed by atoms with E-state index in [-0.39, 0.29) is 23.7 Å². The van der Waals surface area contributed by atoms with Crippen LogP contribution in [-0.2, 0) is 11.3 Å². The molecule has 1 aromatic carbocycles. The minimum Gasteiger partial charge on any atom is -0.358 e. The Hall–Kier alpha value is -3.22. The number of aromatic nitrogens is 1. The lowest BCUT2D eigenvalue weighted by Gasteiger charge is -2.17. The molecular formula is C20H21FN4O2. The van der Waals surface area contributed by atoms with Crippen molar-refractivity contribution >= 4 is 17.6 Å². The molecule has 1 aliphatic rings. The summed E-state index contributed by atoms with van der Waals surface area (Å²) in [5.41, 5.74) is 1.33. The van der Waals surface area contributed by atoms with Gasteiger partial charge in [-0.25, -0.2) is 9.37 Å². The third-order valence-corrected chi connectivity index (χ3v) is 4.34. The molecule has 1 unspecified atom stereocenters. The van der Waals surface area contributed by atoms with E-state index in [1.54, 1.807) is 35.2 Å². The highest BCUT2D eigenvalue weighted by Crippen LogP contribution is 2.19. The number of rotatable bonds is 7. The van der Waals surface area contributed by atoms with Gasteiger partial charge in [0.15, 0.2) is 0 Å². The van der Waals surface area contributed by atoms with Gasteiger partial charge in [0, 0.05) is 25.8 Å². The first-order valence-electron chi connectivity index (χ1n) is 8.72. The van der Waals surface area contributed by atoms with Crippen molar-refractivity contribution in [1.29, 1.82) is 0 Å². The number of carbonyl (C=O) groups excluding carboxylic acids is 2. The van der Waals surface area contributed by atoms with E-state index in [9.17, 15) is 14.0 Å². The lowest BCUT2D eigenvalue weighted by molar-refractivity contribution is -0.128. The first-order valence-corrected chi connectivity index (χ1v) is 8.72. The molecule has 7 heteroatoms. The molecule has 0 bridgehead atoms. The molecule has 1 saturated heterocycles. The maximum Gasteiger partial charge on any atom is 0.253 e. The van der Waals surface area contributed by atoms with Gasteiger partial charge >= 0.3 is 0 Å². The van der Waals surface area contributed by atoms with Crippen molar-refractivity contribution in [2.75, 3.05) is 18.4 Å². The molecule has 6 nitrogen and oxygen atoms in total. The number of hydrogen-bond acceptors (Lipinski definition) is 4. The Bertz CT molecular complexity index is 821. The quantitative estimate of drug-likeness (QED) is 0.736. The topological polar surface area (TPSA) is 74.3 Å². The zero-order valence-corrected chi connectivity index (χ0v) is 14.8. The van der Waals surface area contributed by atoms with Gasteiger partial charge in [0.25, 0.3) is 5.91 Å². The molecule has 27 heavy (non-hydrogen) atoms. The Kier molecular flexibility index (Phi) is 5.80. The average molecular weight is 368 g/mol. The predicted molar refractivity (Wildman–Crippen MR) is 101 cm³/mol. The van der Waals surface area contributed by atoms with Crippen LogP contribution < -0.4 is 10.6 Å². The van der Waals surface area contributed by atoms with Crippen LogP contribution in [0.25, 0.3) is 0 Å². The summed E-state index contributed by atoms with van der Waals surface area (Å²) in [6, 6.07) is 9.12. The standard InChI is InChI=1S/C20H21FN4O2/c1-2-10-22-19(26)15-5-8-18(23-12-15)24-17-9-11-25(20(17)27)13-14-3-6-16(21)7-4-14/h2-8,12,17H,1,9-11,13H2,(H,22,26)(H,23,24). The number of nitrogens with zero attached hydrogens (tertiary/aromatic N) is 2. The summed E-state index contributed by atoms with van der Waals surface area (Å²) in [7, 11) is 0. The summed E-state index contributed by atoms with van der Waals surface area (Å²) in [6.07, 6.45) is 3.73. The Morgan fingerprint density at radius 1 is 1.30 bits per heavy atom. The van der Waals surface area contributed by atoms with Gasteiger partial charge < -0.3 is 15.5 Å². The van der Waals surface area contributed by atoms with Crippen LogP contribution in [0.1, 0.15) is 22.3 Å². The molecule has 1 atom stereocenters. The summed E-state index contributed by atoms with van der Waals surface area (Å²) < 4.78 is 13.0. The van der Waals surface area contributed by atoms with E-state index in [0.29, 0.717) is 37.4 Å². The Morgan fingerprint density at radius 2 is 2.07 bits per heavy atom. The van der Waals surface area contributed by atoms with Gasteiger partial charge in [-0.15, -0.1) is 6.58 Å². The Balaban J connectivity index is 1.56. The molecule has 3 rings (SSSR count). The smallest absolute Gasteiger partial charge is 0.253 e. The molecule has 2 N–H and O–H groups in total. The van der Waals surface area contributed by atoms with Crippen molar-refractivity contribution in [3.63, 3.8) is 0 Å². The highest BCUT2D eigenvalue weighted by Gasteiger charge is 2.31. The van der Waals surface area contributed by atoms with Crippen LogP contribution in [0.4, 0.5) is 10.2 Å². The summed E-state index contributed by atoms with van der Waals surface area (Å²) in [5.74, 6) is 0.00119. The molecule has 1 fully saturated rings. The number of pyridine rings is 1. The van der Waals surface area contributed by atoms with Gasteiger partial charge in [-0.05, 0) is 36.2 Å². The number of nitrogens with one attached hydrogen (secondary N) is 2. The molecular weight excluding hydrogens is 347 g/mol. The number of likely N-dealkylation sites (tertiary alicyclic amines) is 1. The summed E-state index contributed by atoms with van der Waals surface area (Å²) in [5, 5.41) is 5.79. The third kappa shape index (κ3) is 4.69. The van der Waals surface area contributed by atoms with Crippen LogP contribution in [0.15, 0.2) is 55.3 Å². The maximum absolute atomic E-state index is 13.0. The normalized spacial score (nSPS) is 16.3. The van der Waals surface area contributed by atoms with Gasteiger partial charge in [0.05, 0.1) is 5.56 Å². The molecule has 0 saturated carbocycles.